The van der Waals surface area contributed by atoms with Crippen LogP contribution in [0, 0.1) is 6.92 Å². The van der Waals surface area contributed by atoms with E-state index >= 15 is 0 Å². The molecule has 0 spiro atoms. The maximum absolute atomic E-state index is 2.70. The quantitative estimate of drug-likeness (QED) is 0.159. The average Bonchev–Trinajstić information content (AvgIpc) is 3.70. The fraction of sp³-hybridized carbons (Fsp3) is 0.375. The highest BCUT2D eigenvalue weighted by atomic mass is 32.1. The third-order valence-corrected chi connectivity index (χ3v) is 17.7. The van der Waals surface area contributed by atoms with Crippen LogP contribution in [0.25, 0.3) is 11.1 Å². The van der Waals surface area contributed by atoms with E-state index in [1.807, 2.05) is 0 Å². The van der Waals surface area contributed by atoms with Gasteiger partial charge >= 0.3 is 0 Å². The standard InChI is InChI=1S/C64H73BN2S/c1-40-36-52-55-53(37-40)67(50-33-29-45(61(8,9)10)38-48(50)41-22-24-42(25-23-41)59(2,3)4)51-39-46(64(15,16)44-20-18-17-19-21-44)28-32-49(51)65(55)58-56(54-57(68-58)63(13,14)35-34-62(54,11)12)66(52)47-30-26-43(27-31-47)60(5,6)7/h17-33,36-39H,34-35H2,1-16H3. The Bertz CT molecular complexity index is 3090. The van der Waals surface area contributed by atoms with Crippen molar-refractivity contribution >= 4 is 67.9 Å². The summed E-state index contributed by atoms with van der Waals surface area (Å²) in [6.45, 7) is 38.1. The predicted octanol–water partition coefficient (Wildman–Crippen LogP) is 16.4. The number of nitrogens with zero attached hydrogens (tertiary/aromatic N) is 2. The van der Waals surface area contributed by atoms with E-state index < -0.39 is 0 Å². The molecule has 68 heavy (non-hydrogen) atoms. The van der Waals surface area contributed by atoms with Gasteiger partial charge in [0.2, 0.25) is 0 Å². The molecule has 0 saturated heterocycles. The fourth-order valence-electron chi connectivity index (χ4n) is 11.5. The molecule has 4 heteroatoms. The largest absolute Gasteiger partial charge is 0.311 e. The number of hydrogen-bond acceptors (Lipinski definition) is 3. The predicted molar refractivity (Wildman–Crippen MR) is 298 cm³/mol. The minimum Gasteiger partial charge on any atom is -0.311 e. The van der Waals surface area contributed by atoms with Gasteiger partial charge in [-0.25, -0.2) is 0 Å². The number of hydrogen-bond donors (Lipinski definition) is 0. The molecule has 2 nitrogen and oxygen atoms in total. The molecule has 10 rings (SSSR count). The molecule has 0 radical (unpaired) electrons. The summed E-state index contributed by atoms with van der Waals surface area (Å²) in [5.41, 5.74) is 22.4. The first kappa shape index (κ1) is 46.4. The molecule has 0 atom stereocenters. The zero-order valence-electron chi connectivity index (χ0n) is 43.9. The van der Waals surface area contributed by atoms with Crippen molar-refractivity contribution in [2.45, 2.75) is 156 Å². The first-order chi connectivity index (χ1) is 31.8. The van der Waals surface area contributed by atoms with Crippen LogP contribution in [-0.4, -0.2) is 6.71 Å². The van der Waals surface area contributed by atoms with E-state index in [0.29, 0.717) is 0 Å². The summed E-state index contributed by atoms with van der Waals surface area (Å²) in [5, 5.41) is 0. The van der Waals surface area contributed by atoms with Crippen LogP contribution in [0.2, 0.25) is 0 Å². The van der Waals surface area contributed by atoms with Crippen LogP contribution in [0.3, 0.4) is 0 Å². The van der Waals surface area contributed by atoms with Crippen molar-refractivity contribution in [2.75, 3.05) is 9.80 Å². The van der Waals surface area contributed by atoms with Gasteiger partial charge in [0.1, 0.15) is 0 Å². The summed E-state index contributed by atoms with van der Waals surface area (Å²) in [4.78, 5) is 6.94. The van der Waals surface area contributed by atoms with Crippen molar-refractivity contribution < 1.29 is 0 Å². The van der Waals surface area contributed by atoms with E-state index in [-0.39, 0.29) is 39.2 Å². The van der Waals surface area contributed by atoms with E-state index in [1.165, 1.54) is 101 Å². The van der Waals surface area contributed by atoms with Gasteiger partial charge in [-0.2, -0.15) is 11.3 Å². The molecule has 3 aliphatic rings. The minimum atomic E-state index is -0.231. The van der Waals surface area contributed by atoms with E-state index in [9.17, 15) is 0 Å². The van der Waals surface area contributed by atoms with Crippen LogP contribution in [0.15, 0.2) is 127 Å². The van der Waals surface area contributed by atoms with Crippen LogP contribution in [-0.2, 0) is 32.5 Å². The van der Waals surface area contributed by atoms with Crippen molar-refractivity contribution in [3.63, 3.8) is 0 Å². The highest BCUT2D eigenvalue weighted by Crippen LogP contribution is 2.57. The Kier molecular flexibility index (Phi) is 10.6. The molecule has 0 fully saturated rings. The van der Waals surface area contributed by atoms with Gasteiger partial charge in [0.25, 0.3) is 6.71 Å². The lowest BCUT2D eigenvalue weighted by atomic mass is 9.36. The Balaban J connectivity index is 1.32. The molecule has 0 unspecified atom stereocenters. The molecule has 0 bridgehead atoms. The molecule has 2 aliphatic heterocycles. The summed E-state index contributed by atoms with van der Waals surface area (Å²) in [6, 6.07) is 50.0. The van der Waals surface area contributed by atoms with E-state index in [2.05, 4.69) is 259 Å². The molecule has 1 aliphatic carbocycles. The number of benzene rings is 6. The van der Waals surface area contributed by atoms with Crippen molar-refractivity contribution in [3.05, 3.63) is 171 Å². The Labute approximate surface area is 413 Å². The molecule has 1 aromatic heterocycles. The molecule has 6 aromatic carbocycles. The third kappa shape index (κ3) is 7.51. The molecule has 0 amide bonds. The lowest BCUT2D eigenvalue weighted by Crippen LogP contribution is -2.60. The average molecular weight is 913 g/mol. The summed E-state index contributed by atoms with van der Waals surface area (Å²) in [5.74, 6) is 0. The van der Waals surface area contributed by atoms with Crippen molar-refractivity contribution in [1.29, 1.82) is 0 Å². The monoisotopic (exact) mass is 913 g/mol. The van der Waals surface area contributed by atoms with Crippen LogP contribution < -0.4 is 25.5 Å². The van der Waals surface area contributed by atoms with Crippen LogP contribution in [0.1, 0.15) is 161 Å². The Morgan fingerprint density at radius 2 is 1.04 bits per heavy atom. The Morgan fingerprint density at radius 1 is 0.500 bits per heavy atom. The number of aryl methyl sites for hydroxylation is 1. The van der Waals surface area contributed by atoms with E-state index in [0.717, 1.165) is 6.42 Å². The fourth-order valence-corrected chi connectivity index (χ4v) is 13.3. The van der Waals surface area contributed by atoms with Gasteiger partial charge in [-0.3, -0.25) is 0 Å². The second kappa shape index (κ2) is 15.6. The third-order valence-electron chi connectivity index (χ3n) is 16.1. The number of rotatable bonds is 5. The Hall–Kier alpha value is -5.32. The van der Waals surface area contributed by atoms with Crippen molar-refractivity contribution in [3.8, 4) is 11.1 Å². The minimum absolute atomic E-state index is 0.0159. The van der Waals surface area contributed by atoms with E-state index in [4.69, 9.17) is 0 Å². The van der Waals surface area contributed by atoms with Crippen molar-refractivity contribution in [2.24, 2.45) is 0 Å². The number of fused-ring (bicyclic) bond motifs is 6. The van der Waals surface area contributed by atoms with Gasteiger partial charge in [-0.15, -0.1) is 0 Å². The summed E-state index contributed by atoms with van der Waals surface area (Å²) in [6.07, 6.45) is 2.34. The molecule has 3 heterocycles. The topological polar surface area (TPSA) is 6.48 Å². The Morgan fingerprint density at radius 3 is 1.65 bits per heavy atom. The van der Waals surface area contributed by atoms with Gasteiger partial charge in [0, 0.05) is 43.4 Å². The van der Waals surface area contributed by atoms with E-state index in [1.54, 1.807) is 10.4 Å². The van der Waals surface area contributed by atoms with Gasteiger partial charge in [0.15, 0.2) is 0 Å². The van der Waals surface area contributed by atoms with Crippen LogP contribution in [0.4, 0.5) is 34.1 Å². The van der Waals surface area contributed by atoms with Gasteiger partial charge < -0.3 is 9.80 Å². The smallest absolute Gasteiger partial charge is 0.264 e. The molecule has 7 aromatic rings. The lowest BCUT2D eigenvalue weighted by Gasteiger charge is -2.46. The highest BCUT2D eigenvalue weighted by molar-refractivity contribution is 7.29. The SMILES string of the molecule is Cc1cc2c3c(c1)N(c1ccc(C(C)(C)C)cc1)c1c(sc4c1C(C)(C)CCC4(C)C)B3c1ccc(C(C)(C)c3ccccc3)cc1N2c1ccc(C(C)(C)C)cc1-c1ccc(C(C)(C)C)cc1. The summed E-state index contributed by atoms with van der Waals surface area (Å²) >= 11 is 2.11. The first-order valence-corrected chi connectivity index (χ1v) is 26.1. The van der Waals surface area contributed by atoms with Gasteiger partial charge in [-0.1, -0.05) is 189 Å². The maximum Gasteiger partial charge on any atom is 0.264 e. The number of thiophene rings is 1. The lowest BCUT2D eigenvalue weighted by molar-refractivity contribution is 0.339. The normalized spacial score (nSPS) is 16.3. The summed E-state index contributed by atoms with van der Waals surface area (Å²) in [7, 11) is 0. The number of anilines is 6. The second-order valence-corrected chi connectivity index (χ2v) is 26.5. The second-order valence-electron chi connectivity index (χ2n) is 25.5. The maximum atomic E-state index is 2.70. The van der Waals surface area contributed by atoms with Gasteiger partial charge in [-0.05, 0) is 145 Å². The first-order valence-electron chi connectivity index (χ1n) is 25.3. The van der Waals surface area contributed by atoms with Gasteiger partial charge in [0.05, 0.1) is 11.4 Å². The molecular formula is C64H73BN2S. The van der Waals surface area contributed by atoms with Crippen LogP contribution >= 0.6 is 11.3 Å². The molecule has 0 N–H and O–H groups in total. The van der Waals surface area contributed by atoms with Crippen LogP contribution in [0.5, 0.6) is 0 Å². The highest BCUT2D eigenvalue weighted by Gasteiger charge is 2.51. The van der Waals surface area contributed by atoms with Crippen molar-refractivity contribution in [1.82, 2.24) is 0 Å². The molecule has 0 saturated carbocycles. The zero-order valence-corrected chi connectivity index (χ0v) is 44.7. The zero-order chi connectivity index (χ0) is 48.7. The summed E-state index contributed by atoms with van der Waals surface area (Å²) < 4.78 is 1.48. The molecular weight excluding hydrogens is 840 g/mol. The molecule has 348 valence electrons.